The van der Waals surface area contributed by atoms with Crippen molar-refractivity contribution in [3.05, 3.63) is 63.6 Å². The Hall–Kier alpha value is -2.18. The minimum Gasteiger partial charge on any atom is -0.352 e. The predicted molar refractivity (Wildman–Crippen MR) is 93.0 cm³/mol. The molecule has 8 heteroatoms. The van der Waals surface area contributed by atoms with Crippen LogP contribution in [0.15, 0.2) is 36.4 Å². The second-order valence-corrected chi connectivity index (χ2v) is 6.00. The first-order valence-corrected chi connectivity index (χ1v) is 8.10. The molecule has 0 spiro atoms. The number of benzene rings is 2. The third-order valence-electron chi connectivity index (χ3n) is 3.24. The number of nitrogens with one attached hydrogen (secondary N) is 2. The Labute approximate surface area is 153 Å². The maximum Gasteiger partial charge on any atom is 0.254 e. The van der Waals surface area contributed by atoms with Crippen LogP contribution in [-0.4, -0.2) is 18.4 Å². The highest BCUT2D eigenvalue weighted by atomic mass is 35.5. The molecular weight excluding hydrogens is 373 g/mol. The van der Waals surface area contributed by atoms with Crippen molar-refractivity contribution in [3.63, 3.8) is 0 Å². The highest BCUT2D eigenvalue weighted by Crippen LogP contribution is 2.25. The Bertz CT molecular complexity index is 800. The molecule has 0 heterocycles. The SMILES string of the molecule is O=C(CCCNC(=O)c1ccc(F)cc1F)Nc1cc(Cl)ccc1Cl. The number of hydrogen-bond donors (Lipinski definition) is 2. The van der Waals surface area contributed by atoms with Gasteiger partial charge in [-0.25, -0.2) is 8.78 Å². The van der Waals surface area contributed by atoms with E-state index in [0.29, 0.717) is 28.2 Å². The fraction of sp³-hybridized carbons (Fsp3) is 0.176. The average Bonchev–Trinajstić information content (AvgIpc) is 2.55. The van der Waals surface area contributed by atoms with Crippen LogP contribution in [0.2, 0.25) is 10.0 Å². The van der Waals surface area contributed by atoms with E-state index >= 15 is 0 Å². The summed E-state index contributed by atoms with van der Waals surface area (Å²) in [5, 5.41) is 5.88. The summed E-state index contributed by atoms with van der Waals surface area (Å²) in [5.74, 6) is -2.67. The summed E-state index contributed by atoms with van der Waals surface area (Å²) in [6, 6.07) is 7.40. The van der Waals surface area contributed by atoms with Gasteiger partial charge in [0.15, 0.2) is 0 Å². The first-order valence-electron chi connectivity index (χ1n) is 7.35. The van der Waals surface area contributed by atoms with Crippen molar-refractivity contribution in [2.24, 2.45) is 0 Å². The van der Waals surface area contributed by atoms with Crippen LogP contribution in [-0.2, 0) is 4.79 Å². The van der Waals surface area contributed by atoms with Crippen molar-refractivity contribution in [2.45, 2.75) is 12.8 Å². The lowest BCUT2D eigenvalue weighted by Crippen LogP contribution is -2.26. The lowest BCUT2D eigenvalue weighted by molar-refractivity contribution is -0.116. The van der Waals surface area contributed by atoms with Gasteiger partial charge < -0.3 is 10.6 Å². The molecular formula is C17H14Cl2F2N2O2. The van der Waals surface area contributed by atoms with E-state index < -0.39 is 17.5 Å². The summed E-state index contributed by atoms with van der Waals surface area (Å²) in [7, 11) is 0. The fourth-order valence-electron chi connectivity index (χ4n) is 2.03. The standard InChI is InChI=1S/C17H14Cl2F2N2O2/c18-10-3-6-13(19)15(8-10)23-16(24)2-1-7-22-17(25)12-5-4-11(20)9-14(12)21/h3-6,8-9H,1-2,7H2,(H,22,25)(H,23,24). The Balaban J connectivity index is 1.77. The summed E-state index contributed by atoms with van der Waals surface area (Å²) in [6.45, 7) is 0.159. The number of rotatable bonds is 6. The van der Waals surface area contributed by atoms with Gasteiger partial charge in [0.25, 0.3) is 5.91 Å². The quantitative estimate of drug-likeness (QED) is 0.721. The number of carbonyl (C=O) groups excluding carboxylic acids is 2. The van der Waals surface area contributed by atoms with Gasteiger partial charge in [-0.1, -0.05) is 23.2 Å². The minimum atomic E-state index is -0.939. The predicted octanol–water partition coefficient (Wildman–Crippen LogP) is 4.42. The zero-order chi connectivity index (χ0) is 18.4. The molecule has 0 radical (unpaired) electrons. The lowest BCUT2D eigenvalue weighted by Gasteiger charge is -2.08. The second kappa shape index (κ2) is 8.78. The Morgan fingerprint density at radius 1 is 1.04 bits per heavy atom. The Morgan fingerprint density at radius 2 is 1.80 bits per heavy atom. The summed E-state index contributed by atoms with van der Waals surface area (Å²) in [4.78, 5) is 23.6. The normalized spacial score (nSPS) is 10.4. The van der Waals surface area contributed by atoms with Crippen LogP contribution < -0.4 is 10.6 Å². The molecule has 2 rings (SSSR count). The van der Waals surface area contributed by atoms with Crippen molar-refractivity contribution < 1.29 is 18.4 Å². The molecule has 0 aromatic heterocycles. The van der Waals surface area contributed by atoms with E-state index in [-0.39, 0.29) is 24.4 Å². The number of anilines is 1. The average molecular weight is 387 g/mol. The summed E-state index contributed by atoms with van der Waals surface area (Å²) in [5.41, 5.74) is 0.146. The molecule has 0 saturated heterocycles. The first kappa shape index (κ1) is 19.1. The van der Waals surface area contributed by atoms with Gasteiger partial charge in [-0.15, -0.1) is 0 Å². The van der Waals surface area contributed by atoms with E-state index in [1.165, 1.54) is 6.07 Å². The number of hydrogen-bond acceptors (Lipinski definition) is 2. The van der Waals surface area contributed by atoms with Gasteiger partial charge in [-0.2, -0.15) is 0 Å². The molecule has 0 bridgehead atoms. The maximum absolute atomic E-state index is 13.5. The molecule has 0 aliphatic carbocycles. The van der Waals surface area contributed by atoms with Gasteiger partial charge in [-0.05, 0) is 36.8 Å². The van der Waals surface area contributed by atoms with Gasteiger partial charge in [-0.3, -0.25) is 9.59 Å². The van der Waals surface area contributed by atoms with Crippen LogP contribution >= 0.6 is 23.2 Å². The molecule has 2 amide bonds. The zero-order valence-electron chi connectivity index (χ0n) is 12.9. The molecule has 4 nitrogen and oxygen atoms in total. The first-order chi connectivity index (χ1) is 11.9. The van der Waals surface area contributed by atoms with Crippen molar-refractivity contribution in [1.29, 1.82) is 0 Å². The fourth-order valence-corrected chi connectivity index (χ4v) is 2.36. The third kappa shape index (κ3) is 5.69. The summed E-state index contributed by atoms with van der Waals surface area (Å²) >= 11 is 11.8. The van der Waals surface area contributed by atoms with E-state index in [0.717, 1.165) is 12.1 Å². The topological polar surface area (TPSA) is 58.2 Å². The van der Waals surface area contributed by atoms with Gasteiger partial charge >= 0.3 is 0 Å². The van der Waals surface area contributed by atoms with Gasteiger partial charge in [0.1, 0.15) is 11.6 Å². The Morgan fingerprint density at radius 3 is 2.52 bits per heavy atom. The van der Waals surface area contributed by atoms with E-state index in [1.807, 2.05) is 0 Å². The highest BCUT2D eigenvalue weighted by molar-refractivity contribution is 6.35. The molecule has 2 N–H and O–H groups in total. The summed E-state index contributed by atoms with van der Waals surface area (Å²) in [6.07, 6.45) is 0.452. The Kier molecular flexibility index (Phi) is 6.73. The molecule has 2 aromatic carbocycles. The van der Waals surface area contributed by atoms with Crippen LogP contribution in [0.5, 0.6) is 0 Å². The smallest absolute Gasteiger partial charge is 0.254 e. The highest BCUT2D eigenvalue weighted by Gasteiger charge is 2.12. The molecule has 0 aliphatic heterocycles. The molecule has 0 atom stereocenters. The molecule has 0 saturated carbocycles. The number of halogens is 4. The van der Waals surface area contributed by atoms with Crippen molar-refractivity contribution in [1.82, 2.24) is 5.32 Å². The summed E-state index contributed by atoms with van der Waals surface area (Å²) < 4.78 is 26.3. The number of carbonyl (C=O) groups is 2. The number of amides is 2. The van der Waals surface area contributed by atoms with Crippen molar-refractivity contribution in [3.8, 4) is 0 Å². The van der Waals surface area contributed by atoms with Crippen LogP contribution in [0.1, 0.15) is 23.2 Å². The second-order valence-electron chi connectivity index (χ2n) is 5.16. The van der Waals surface area contributed by atoms with E-state index in [2.05, 4.69) is 10.6 Å². The lowest BCUT2D eigenvalue weighted by atomic mass is 10.2. The van der Waals surface area contributed by atoms with E-state index in [1.54, 1.807) is 12.1 Å². The minimum absolute atomic E-state index is 0.120. The zero-order valence-corrected chi connectivity index (χ0v) is 14.4. The molecule has 0 unspecified atom stereocenters. The molecule has 0 aliphatic rings. The van der Waals surface area contributed by atoms with E-state index in [9.17, 15) is 18.4 Å². The van der Waals surface area contributed by atoms with Crippen LogP contribution in [0.3, 0.4) is 0 Å². The van der Waals surface area contributed by atoms with Gasteiger partial charge in [0, 0.05) is 24.1 Å². The maximum atomic E-state index is 13.5. The third-order valence-corrected chi connectivity index (χ3v) is 3.81. The van der Waals surface area contributed by atoms with Gasteiger partial charge in [0.2, 0.25) is 5.91 Å². The van der Waals surface area contributed by atoms with Crippen molar-refractivity contribution in [2.75, 3.05) is 11.9 Å². The van der Waals surface area contributed by atoms with Crippen LogP contribution in [0.4, 0.5) is 14.5 Å². The molecule has 2 aromatic rings. The van der Waals surface area contributed by atoms with E-state index in [4.69, 9.17) is 23.2 Å². The van der Waals surface area contributed by atoms with Crippen LogP contribution in [0.25, 0.3) is 0 Å². The van der Waals surface area contributed by atoms with Crippen molar-refractivity contribution >= 4 is 40.7 Å². The van der Waals surface area contributed by atoms with Crippen LogP contribution in [0, 0.1) is 11.6 Å². The monoisotopic (exact) mass is 386 g/mol. The van der Waals surface area contributed by atoms with Gasteiger partial charge in [0.05, 0.1) is 16.3 Å². The molecule has 0 fully saturated rings. The largest absolute Gasteiger partial charge is 0.352 e. The molecule has 25 heavy (non-hydrogen) atoms. The molecule has 132 valence electrons.